The van der Waals surface area contributed by atoms with E-state index in [2.05, 4.69) is 10.1 Å². The Kier molecular flexibility index (Phi) is 4.71. The van der Waals surface area contributed by atoms with Crippen molar-refractivity contribution < 1.29 is 5.11 Å². The third-order valence-corrected chi connectivity index (χ3v) is 3.62. The Morgan fingerprint density at radius 3 is 2.57 bits per heavy atom. The van der Waals surface area contributed by atoms with Crippen molar-refractivity contribution in [2.45, 2.75) is 26.9 Å². The molecule has 1 aromatic carbocycles. The Labute approximate surface area is 134 Å². The third kappa shape index (κ3) is 3.84. The number of halogens is 2. The van der Waals surface area contributed by atoms with E-state index in [0.717, 1.165) is 5.56 Å². The normalized spacial score (nSPS) is 14.3. The van der Waals surface area contributed by atoms with Crippen molar-refractivity contribution in [2.24, 2.45) is 5.41 Å². The van der Waals surface area contributed by atoms with E-state index in [-0.39, 0.29) is 5.41 Å². The molecule has 0 saturated carbocycles. The molecule has 1 aromatic heterocycles. The summed E-state index contributed by atoms with van der Waals surface area (Å²) in [7, 11) is 0. The summed E-state index contributed by atoms with van der Waals surface area (Å²) >= 11 is 12.2. The molecule has 112 valence electrons. The summed E-state index contributed by atoms with van der Waals surface area (Å²) in [6.07, 6.45) is 4.06. The lowest BCUT2D eigenvalue weighted by atomic mass is 9.88. The highest BCUT2D eigenvalue weighted by Crippen LogP contribution is 2.30. The predicted octanol–water partition coefficient (Wildman–Crippen LogP) is 3.88. The zero-order valence-electron chi connectivity index (χ0n) is 12.1. The zero-order chi connectivity index (χ0) is 15.6. The lowest BCUT2D eigenvalue weighted by Crippen LogP contribution is -2.24. The van der Waals surface area contributed by atoms with Crippen molar-refractivity contribution in [1.82, 2.24) is 14.8 Å². The molecule has 0 spiro atoms. The van der Waals surface area contributed by atoms with Gasteiger partial charge in [0.2, 0.25) is 0 Å². The number of nitrogens with zero attached hydrogens (tertiary/aromatic N) is 3. The molecule has 2 rings (SSSR count). The van der Waals surface area contributed by atoms with Crippen molar-refractivity contribution in [3.63, 3.8) is 0 Å². The van der Waals surface area contributed by atoms with Gasteiger partial charge in [-0.25, -0.2) is 9.67 Å². The van der Waals surface area contributed by atoms with Crippen LogP contribution >= 0.6 is 23.2 Å². The second kappa shape index (κ2) is 6.18. The van der Waals surface area contributed by atoms with Crippen LogP contribution in [0.1, 0.15) is 26.3 Å². The first-order chi connectivity index (χ1) is 9.79. The zero-order valence-corrected chi connectivity index (χ0v) is 13.6. The van der Waals surface area contributed by atoms with Crippen LogP contribution in [0.5, 0.6) is 0 Å². The maximum atomic E-state index is 10.4. The van der Waals surface area contributed by atoms with Gasteiger partial charge in [0.15, 0.2) is 0 Å². The number of rotatable bonds is 3. The van der Waals surface area contributed by atoms with Gasteiger partial charge in [-0.15, -0.1) is 0 Å². The number of aliphatic hydroxyl groups is 1. The molecule has 0 aliphatic carbocycles. The topological polar surface area (TPSA) is 50.9 Å². The van der Waals surface area contributed by atoms with Crippen LogP contribution in [0.3, 0.4) is 0 Å². The SMILES string of the molecule is CC(C)(C)C(O)C=C(c1ccc(Cl)cc1Cl)n1cncn1. The molecule has 1 heterocycles. The first kappa shape index (κ1) is 16.0. The number of benzene rings is 1. The van der Waals surface area contributed by atoms with Crippen molar-refractivity contribution in [1.29, 1.82) is 0 Å². The Hall–Kier alpha value is -1.36. The fourth-order valence-corrected chi connectivity index (χ4v) is 2.22. The van der Waals surface area contributed by atoms with Gasteiger partial charge in [-0.05, 0) is 29.7 Å². The molecule has 1 unspecified atom stereocenters. The van der Waals surface area contributed by atoms with Crippen LogP contribution in [0, 0.1) is 5.41 Å². The Bertz CT molecular complexity index is 645. The minimum Gasteiger partial charge on any atom is -0.388 e. The summed E-state index contributed by atoms with van der Waals surface area (Å²) in [4.78, 5) is 3.95. The minimum absolute atomic E-state index is 0.301. The lowest BCUT2D eigenvalue weighted by Gasteiger charge is -2.24. The molecule has 2 aromatic rings. The highest BCUT2D eigenvalue weighted by molar-refractivity contribution is 6.35. The molecule has 1 N–H and O–H groups in total. The molecular weight excluding hydrogens is 309 g/mol. The van der Waals surface area contributed by atoms with Gasteiger partial charge >= 0.3 is 0 Å². The average molecular weight is 326 g/mol. The van der Waals surface area contributed by atoms with Crippen molar-refractivity contribution in [2.75, 3.05) is 0 Å². The molecule has 21 heavy (non-hydrogen) atoms. The van der Waals surface area contributed by atoms with E-state index >= 15 is 0 Å². The quantitative estimate of drug-likeness (QED) is 0.931. The Balaban J connectivity index is 2.55. The van der Waals surface area contributed by atoms with E-state index in [0.29, 0.717) is 15.7 Å². The highest BCUT2D eigenvalue weighted by Gasteiger charge is 2.22. The smallest absolute Gasteiger partial charge is 0.138 e. The van der Waals surface area contributed by atoms with Gasteiger partial charge in [-0.2, -0.15) is 5.10 Å². The monoisotopic (exact) mass is 325 g/mol. The molecule has 0 aliphatic rings. The van der Waals surface area contributed by atoms with Crippen LogP contribution < -0.4 is 0 Å². The first-order valence-electron chi connectivity index (χ1n) is 6.49. The maximum Gasteiger partial charge on any atom is 0.138 e. The van der Waals surface area contributed by atoms with Gasteiger partial charge < -0.3 is 5.11 Å². The second-order valence-corrected chi connectivity index (χ2v) is 6.67. The van der Waals surface area contributed by atoms with Gasteiger partial charge in [-0.3, -0.25) is 0 Å². The van der Waals surface area contributed by atoms with Crippen LogP contribution in [-0.2, 0) is 0 Å². The van der Waals surface area contributed by atoms with E-state index in [9.17, 15) is 5.11 Å². The highest BCUT2D eigenvalue weighted by atomic mass is 35.5. The largest absolute Gasteiger partial charge is 0.388 e. The van der Waals surface area contributed by atoms with Gasteiger partial charge in [0.05, 0.1) is 16.8 Å². The summed E-state index contributed by atoms with van der Waals surface area (Å²) in [6, 6.07) is 5.21. The van der Waals surface area contributed by atoms with Crippen molar-refractivity contribution in [3.05, 3.63) is 52.5 Å². The Morgan fingerprint density at radius 1 is 1.33 bits per heavy atom. The second-order valence-electron chi connectivity index (χ2n) is 5.83. The fourth-order valence-electron chi connectivity index (χ4n) is 1.72. The van der Waals surface area contributed by atoms with Gasteiger partial charge in [0.1, 0.15) is 12.7 Å². The first-order valence-corrected chi connectivity index (χ1v) is 7.25. The maximum absolute atomic E-state index is 10.4. The van der Waals surface area contributed by atoms with Crippen LogP contribution in [0.2, 0.25) is 10.0 Å². The van der Waals surface area contributed by atoms with Crippen molar-refractivity contribution in [3.8, 4) is 0 Å². The molecule has 0 fully saturated rings. The van der Waals surface area contributed by atoms with E-state index < -0.39 is 6.10 Å². The molecule has 0 radical (unpaired) electrons. The average Bonchev–Trinajstić information content (AvgIpc) is 2.89. The van der Waals surface area contributed by atoms with Crippen molar-refractivity contribution >= 4 is 28.9 Å². The molecule has 0 aliphatic heterocycles. The number of aromatic nitrogens is 3. The molecule has 0 amide bonds. The summed E-state index contributed by atoms with van der Waals surface area (Å²) in [5, 5.41) is 15.5. The van der Waals surface area contributed by atoms with Crippen LogP contribution in [0.4, 0.5) is 0 Å². The van der Waals surface area contributed by atoms with E-state index in [1.165, 1.54) is 6.33 Å². The number of aliphatic hydroxyl groups excluding tert-OH is 1. The predicted molar refractivity (Wildman–Crippen MR) is 85.3 cm³/mol. The number of hydrogen-bond donors (Lipinski definition) is 1. The Morgan fingerprint density at radius 2 is 2.05 bits per heavy atom. The summed E-state index contributed by atoms with van der Waals surface area (Å²) < 4.78 is 1.57. The minimum atomic E-state index is -0.663. The molecule has 1 atom stereocenters. The van der Waals surface area contributed by atoms with E-state index in [1.54, 1.807) is 35.3 Å². The molecular formula is C15H17Cl2N3O. The summed E-state index contributed by atoms with van der Waals surface area (Å²) in [6.45, 7) is 5.86. The van der Waals surface area contributed by atoms with Crippen LogP contribution in [0.25, 0.3) is 5.70 Å². The van der Waals surface area contributed by atoms with Crippen LogP contribution in [-0.4, -0.2) is 26.0 Å². The van der Waals surface area contributed by atoms with E-state index in [1.807, 2.05) is 20.8 Å². The molecule has 6 heteroatoms. The molecule has 4 nitrogen and oxygen atoms in total. The van der Waals surface area contributed by atoms with Gasteiger partial charge in [0.25, 0.3) is 0 Å². The fraction of sp³-hybridized carbons (Fsp3) is 0.333. The molecule has 0 saturated heterocycles. The number of hydrogen-bond acceptors (Lipinski definition) is 3. The van der Waals surface area contributed by atoms with E-state index in [4.69, 9.17) is 23.2 Å². The summed E-state index contributed by atoms with van der Waals surface area (Å²) in [5.41, 5.74) is 1.09. The van der Waals surface area contributed by atoms with Crippen LogP contribution in [0.15, 0.2) is 36.9 Å². The standard InChI is InChI=1S/C15H17Cl2N3O/c1-15(2,3)14(21)7-13(20-9-18-8-19-20)11-5-4-10(16)6-12(11)17/h4-9,14,21H,1-3H3. The molecule has 0 bridgehead atoms. The van der Waals surface area contributed by atoms with Gasteiger partial charge in [-0.1, -0.05) is 44.0 Å². The summed E-state index contributed by atoms with van der Waals surface area (Å²) in [5.74, 6) is 0. The third-order valence-electron chi connectivity index (χ3n) is 3.08. The lowest BCUT2D eigenvalue weighted by molar-refractivity contribution is 0.105. The van der Waals surface area contributed by atoms with Gasteiger partial charge in [0, 0.05) is 10.6 Å².